The van der Waals surface area contributed by atoms with Crippen molar-refractivity contribution in [1.29, 1.82) is 0 Å². The van der Waals surface area contributed by atoms with E-state index in [0.717, 1.165) is 38.6 Å². The lowest BCUT2D eigenvalue weighted by Gasteiger charge is -2.29. The normalized spacial score (nSPS) is 26.4. The summed E-state index contributed by atoms with van der Waals surface area (Å²) in [7, 11) is 0. The predicted molar refractivity (Wildman–Crippen MR) is 67.3 cm³/mol. The average molecular weight is 224 g/mol. The summed E-state index contributed by atoms with van der Waals surface area (Å²) in [6, 6.07) is 0.182. The fourth-order valence-corrected chi connectivity index (χ4v) is 2.42. The van der Waals surface area contributed by atoms with Crippen LogP contribution >= 0.6 is 0 Å². The Hall–Kier alpha value is -0.830. The first-order valence-electron chi connectivity index (χ1n) is 6.31. The molecule has 0 aromatic rings. The standard InChI is InChI=1S/C13H24N2O/c1-4-7-11(3)15-12(16)13(8-5-2)9-6-10-14-13/h4,11,14H,1,5-10H2,2-3H3,(H,15,16). The number of hydrogen-bond donors (Lipinski definition) is 2. The molecule has 92 valence electrons. The van der Waals surface area contributed by atoms with Crippen molar-refractivity contribution in [3.63, 3.8) is 0 Å². The highest BCUT2D eigenvalue weighted by Crippen LogP contribution is 2.25. The van der Waals surface area contributed by atoms with Gasteiger partial charge in [0.15, 0.2) is 0 Å². The number of carbonyl (C=O) groups is 1. The Morgan fingerprint density at radius 1 is 1.69 bits per heavy atom. The summed E-state index contributed by atoms with van der Waals surface area (Å²) < 4.78 is 0. The smallest absolute Gasteiger partial charge is 0.240 e. The SMILES string of the molecule is C=CCC(C)NC(=O)C1(CCC)CCCN1. The van der Waals surface area contributed by atoms with E-state index in [9.17, 15) is 4.79 Å². The Kier molecular flexibility index (Phi) is 5.00. The van der Waals surface area contributed by atoms with Crippen LogP contribution in [0.2, 0.25) is 0 Å². The molecule has 2 unspecified atom stereocenters. The minimum atomic E-state index is -0.301. The zero-order valence-corrected chi connectivity index (χ0v) is 10.5. The van der Waals surface area contributed by atoms with Crippen LogP contribution in [0.1, 0.15) is 46.0 Å². The van der Waals surface area contributed by atoms with Crippen LogP contribution in [0.25, 0.3) is 0 Å². The molecule has 3 heteroatoms. The predicted octanol–water partition coefficient (Wildman–Crippen LogP) is 1.99. The Labute approximate surface area is 98.7 Å². The van der Waals surface area contributed by atoms with Gasteiger partial charge in [0.25, 0.3) is 0 Å². The zero-order chi connectivity index (χ0) is 12.0. The van der Waals surface area contributed by atoms with Crippen LogP contribution < -0.4 is 10.6 Å². The number of rotatable bonds is 6. The molecular formula is C13H24N2O. The van der Waals surface area contributed by atoms with Crippen LogP contribution in [0.5, 0.6) is 0 Å². The molecule has 1 aliphatic rings. The lowest BCUT2D eigenvalue weighted by molar-refractivity contribution is -0.128. The highest BCUT2D eigenvalue weighted by Gasteiger charge is 2.39. The molecule has 1 saturated heterocycles. The molecule has 16 heavy (non-hydrogen) atoms. The summed E-state index contributed by atoms with van der Waals surface area (Å²) in [4.78, 5) is 12.2. The van der Waals surface area contributed by atoms with Crippen molar-refractivity contribution in [2.45, 2.75) is 57.5 Å². The van der Waals surface area contributed by atoms with Crippen molar-refractivity contribution in [1.82, 2.24) is 10.6 Å². The van der Waals surface area contributed by atoms with E-state index < -0.39 is 0 Å². The van der Waals surface area contributed by atoms with Crippen LogP contribution in [0.4, 0.5) is 0 Å². The molecule has 1 fully saturated rings. The first kappa shape index (κ1) is 13.2. The average Bonchev–Trinajstić information content (AvgIpc) is 2.68. The van der Waals surface area contributed by atoms with E-state index in [2.05, 4.69) is 24.1 Å². The van der Waals surface area contributed by atoms with Gasteiger partial charge in [-0.25, -0.2) is 0 Å². The highest BCUT2D eigenvalue weighted by atomic mass is 16.2. The van der Waals surface area contributed by atoms with Crippen LogP contribution in [0.3, 0.4) is 0 Å². The maximum atomic E-state index is 12.2. The van der Waals surface area contributed by atoms with E-state index in [-0.39, 0.29) is 17.5 Å². The van der Waals surface area contributed by atoms with Crippen molar-refractivity contribution in [2.75, 3.05) is 6.54 Å². The zero-order valence-electron chi connectivity index (χ0n) is 10.5. The third-order valence-electron chi connectivity index (χ3n) is 3.25. The first-order chi connectivity index (χ1) is 7.64. The van der Waals surface area contributed by atoms with Gasteiger partial charge in [-0.2, -0.15) is 0 Å². The van der Waals surface area contributed by atoms with Gasteiger partial charge >= 0.3 is 0 Å². The quantitative estimate of drug-likeness (QED) is 0.677. The van der Waals surface area contributed by atoms with Gasteiger partial charge in [0.1, 0.15) is 0 Å². The maximum Gasteiger partial charge on any atom is 0.240 e. The van der Waals surface area contributed by atoms with Gasteiger partial charge in [-0.15, -0.1) is 6.58 Å². The van der Waals surface area contributed by atoms with Crippen molar-refractivity contribution in [2.24, 2.45) is 0 Å². The second kappa shape index (κ2) is 6.04. The van der Waals surface area contributed by atoms with Crippen molar-refractivity contribution < 1.29 is 4.79 Å². The molecule has 1 rings (SSSR count). The summed E-state index contributed by atoms with van der Waals surface area (Å²) in [6.45, 7) is 8.80. The van der Waals surface area contributed by atoms with E-state index in [0.29, 0.717) is 0 Å². The van der Waals surface area contributed by atoms with Crippen LogP contribution in [-0.2, 0) is 4.79 Å². The van der Waals surface area contributed by atoms with Crippen molar-refractivity contribution >= 4 is 5.91 Å². The number of amides is 1. The molecule has 0 aromatic carbocycles. The van der Waals surface area contributed by atoms with Gasteiger partial charge in [-0.05, 0) is 39.2 Å². The molecule has 1 amide bonds. The molecule has 2 N–H and O–H groups in total. The fraction of sp³-hybridized carbons (Fsp3) is 0.769. The summed E-state index contributed by atoms with van der Waals surface area (Å²) in [5.41, 5.74) is -0.301. The molecule has 2 atom stereocenters. The van der Waals surface area contributed by atoms with Crippen LogP contribution in [-0.4, -0.2) is 24.0 Å². The lowest BCUT2D eigenvalue weighted by Crippen LogP contribution is -2.55. The Balaban J connectivity index is 2.57. The molecule has 0 bridgehead atoms. The Morgan fingerprint density at radius 2 is 2.44 bits per heavy atom. The largest absolute Gasteiger partial charge is 0.352 e. The van der Waals surface area contributed by atoms with Crippen LogP contribution in [0, 0.1) is 0 Å². The molecule has 0 aliphatic carbocycles. The monoisotopic (exact) mass is 224 g/mol. The number of nitrogens with one attached hydrogen (secondary N) is 2. The van der Waals surface area contributed by atoms with Crippen molar-refractivity contribution in [3.8, 4) is 0 Å². The summed E-state index contributed by atoms with van der Waals surface area (Å²) in [5, 5.41) is 6.46. The van der Waals surface area contributed by atoms with E-state index in [1.54, 1.807) is 0 Å². The number of carbonyl (C=O) groups excluding carboxylic acids is 1. The second-order valence-electron chi connectivity index (χ2n) is 4.76. The molecule has 1 aliphatic heterocycles. The van der Waals surface area contributed by atoms with Gasteiger partial charge < -0.3 is 10.6 Å². The fourth-order valence-electron chi connectivity index (χ4n) is 2.42. The van der Waals surface area contributed by atoms with E-state index >= 15 is 0 Å². The van der Waals surface area contributed by atoms with E-state index in [1.807, 2.05) is 13.0 Å². The minimum absolute atomic E-state index is 0.168. The van der Waals surface area contributed by atoms with E-state index in [1.165, 1.54) is 0 Å². The topological polar surface area (TPSA) is 41.1 Å². The van der Waals surface area contributed by atoms with Crippen molar-refractivity contribution in [3.05, 3.63) is 12.7 Å². The summed E-state index contributed by atoms with van der Waals surface area (Å²) in [6.07, 6.45) is 6.71. The van der Waals surface area contributed by atoms with Gasteiger partial charge in [0.2, 0.25) is 5.91 Å². The molecule has 0 radical (unpaired) electrons. The molecule has 0 spiro atoms. The lowest BCUT2D eigenvalue weighted by atomic mass is 9.90. The number of hydrogen-bond acceptors (Lipinski definition) is 2. The second-order valence-corrected chi connectivity index (χ2v) is 4.76. The maximum absolute atomic E-state index is 12.2. The third kappa shape index (κ3) is 3.08. The third-order valence-corrected chi connectivity index (χ3v) is 3.25. The van der Waals surface area contributed by atoms with Crippen LogP contribution in [0.15, 0.2) is 12.7 Å². The molecule has 0 saturated carbocycles. The first-order valence-corrected chi connectivity index (χ1v) is 6.31. The molecule has 1 heterocycles. The van der Waals surface area contributed by atoms with Gasteiger partial charge in [0, 0.05) is 6.04 Å². The van der Waals surface area contributed by atoms with E-state index in [4.69, 9.17) is 0 Å². The summed E-state index contributed by atoms with van der Waals surface area (Å²) >= 11 is 0. The Morgan fingerprint density at radius 3 is 2.94 bits per heavy atom. The van der Waals surface area contributed by atoms with Gasteiger partial charge in [-0.1, -0.05) is 19.4 Å². The minimum Gasteiger partial charge on any atom is -0.352 e. The molecular weight excluding hydrogens is 200 g/mol. The Bertz CT molecular complexity index is 244. The molecule has 0 aromatic heterocycles. The van der Waals surface area contributed by atoms with Gasteiger partial charge in [0.05, 0.1) is 5.54 Å². The summed E-state index contributed by atoms with van der Waals surface area (Å²) in [5.74, 6) is 0.168. The van der Waals surface area contributed by atoms with Gasteiger partial charge in [-0.3, -0.25) is 4.79 Å². The highest BCUT2D eigenvalue weighted by molar-refractivity contribution is 5.86. The molecule has 3 nitrogen and oxygen atoms in total.